The number of rotatable bonds is 6. The predicted octanol–water partition coefficient (Wildman–Crippen LogP) is 4.74. The van der Waals surface area contributed by atoms with Crippen molar-refractivity contribution in [1.82, 2.24) is 15.2 Å². The molecule has 3 aromatic rings. The van der Waals surface area contributed by atoms with Crippen molar-refractivity contribution < 1.29 is 8.81 Å². The van der Waals surface area contributed by atoms with Crippen LogP contribution >= 0.6 is 34.9 Å². The molecule has 0 amide bonds. The molecule has 0 aliphatic rings. The highest BCUT2D eigenvalue weighted by molar-refractivity contribution is 8.02. The normalized spacial score (nSPS) is 11.0. The fourth-order valence-corrected chi connectivity index (χ4v) is 4.47. The van der Waals surface area contributed by atoms with E-state index in [-0.39, 0.29) is 5.82 Å². The fraction of sp³-hybridized carbons (Fsp3) is 0.214. The van der Waals surface area contributed by atoms with E-state index in [1.54, 1.807) is 53.3 Å². The van der Waals surface area contributed by atoms with Gasteiger partial charge in [0.1, 0.15) is 12.1 Å². The molecule has 0 saturated carbocycles. The Morgan fingerprint density at radius 2 is 1.86 bits per heavy atom. The van der Waals surface area contributed by atoms with Gasteiger partial charge in [-0.2, -0.15) is 0 Å². The molecule has 0 fully saturated rings. The standard InChI is InChI=1S/C14H12FN3OS3/c1-2-20-13-17-18-14(22-13)21-8-11-7-19-12(16-11)9-3-5-10(15)6-4-9/h3-7H,2,8H2,1H3. The maximum absolute atomic E-state index is 12.9. The molecule has 1 aromatic carbocycles. The summed E-state index contributed by atoms with van der Waals surface area (Å²) >= 11 is 4.85. The monoisotopic (exact) mass is 353 g/mol. The second kappa shape index (κ2) is 7.26. The van der Waals surface area contributed by atoms with Crippen LogP contribution in [0.5, 0.6) is 0 Å². The van der Waals surface area contributed by atoms with Gasteiger partial charge in [0, 0.05) is 11.3 Å². The maximum Gasteiger partial charge on any atom is 0.226 e. The first-order chi connectivity index (χ1) is 10.7. The van der Waals surface area contributed by atoms with Crippen LogP contribution in [-0.2, 0) is 5.75 Å². The average Bonchev–Trinajstić information content (AvgIpc) is 3.16. The van der Waals surface area contributed by atoms with E-state index >= 15 is 0 Å². The Morgan fingerprint density at radius 1 is 1.14 bits per heavy atom. The average molecular weight is 353 g/mol. The van der Waals surface area contributed by atoms with Gasteiger partial charge in [-0.05, 0) is 30.0 Å². The second-order valence-electron chi connectivity index (χ2n) is 4.21. The summed E-state index contributed by atoms with van der Waals surface area (Å²) in [6, 6.07) is 6.08. The molecule has 4 nitrogen and oxygen atoms in total. The predicted molar refractivity (Wildman–Crippen MR) is 87.8 cm³/mol. The lowest BCUT2D eigenvalue weighted by Crippen LogP contribution is -1.82. The molecule has 22 heavy (non-hydrogen) atoms. The van der Waals surface area contributed by atoms with E-state index < -0.39 is 0 Å². The lowest BCUT2D eigenvalue weighted by Gasteiger charge is -1.94. The lowest BCUT2D eigenvalue weighted by atomic mass is 10.2. The summed E-state index contributed by atoms with van der Waals surface area (Å²) in [5, 5.41) is 8.25. The molecule has 2 heterocycles. The van der Waals surface area contributed by atoms with Crippen molar-refractivity contribution in [2.45, 2.75) is 21.4 Å². The SMILES string of the molecule is CCSc1nnc(SCc2coc(-c3ccc(F)cc3)n2)s1. The zero-order chi connectivity index (χ0) is 15.4. The summed E-state index contributed by atoms with van der Waals surface area (Å²) in [6.07, 6.45) is 1.62. The molecule has 0 aliphatic carbocycles. The number of oxazole rings is 1. The Labute approximate surface area is 139 Å². The number of hydrogen-bond donors (Lipinski definition) is 0. The zero-order valence-electron chi connectivity index (χ0n) is 11.7. The van der Waals surface area contributed by atoms with Crippen molar-refractivity contribution in [2.75, 3.05) is 5.75 Å². The molecule has 3 rings (SSSR count). The van der Waals surface area contributed by atoms with Crippen LogP contribution in [0.1, 0.15) is 12.6 Å². The van der Waals surface area contributed by atoms with E-state index in [1.807, 2.05) is 0 Å². The van der Waals surface area contributed by atoms with E-state index in [2.05, 4.69) is 22.1 Å². The Kier molecular flexibility index (Phi) is 5.12. The van der Waals surface area contributed by atoms with Crippen LogP contribution in [0.4, 0.5) is 4.39 Å². The molecular formula is C14H12FN3OS3. The first kappa shape index (κ1) is 15.5. The van der Waals surface area contributed by atoms with Gasteiger partial charge in [0.15, 0.2) is 8.68 Å². The van der Waals surface area contributed by atoms with Gasteiger partial charge in [-0.15, -0.1) is 10.2 Å². The van der Waals surface area contributed by atoms with E-state index in [4.69, 9.17) is 4.42 Å². The first-order valence-electron chi connectivity index (χ1n) is 6.54. The molecule has 0 N–H and O–H groups in total. The van der Waals surface area contributed by atoms with Gasteiger partial charge in [-0.25, -0.2) is 9.37 Å². The molecule has 8 heteroatoms. The van der Waals surface area contributed by atoms with Crippen LogP contribution in [-0.4, -0.2) is 20.9 Å². The number of thioether (sulfide) groups is 2. The van der Waals surface area contributed by atoms with Gasteiger partial charge in [0.2, 0.25) is 5.89 Å². The van der Waals surface area contributed by atoms with E-state index in [9.17, 15) is 4.39 Å². The van der Waals surface area contributed by atoms with Crippen LogP contribution in [0.15, 0.2) is 43.6 Å². The highest BCUT2D eigenvalue weighted by Gasteiger charge is 2.09. The van der Waals surface area contributed by atoms with Gasteiger partial charge < -0.3 is 4.42 Å². The molecular weight excluding hydrogens is 341 g/mol. The first-order valence-corrected chi connectivity index (χ1v) is 9.33. The third-order valence-corrected chi connectivity index (χ3v) is 5.75. The van der Waals surface area contributed by atoms with Crippen molar-refractivity contribution in [2.24, 2.45) is 0 Å². The smallest absolute Gasteiger partial charge is 0.226 e. The molecule has 0 atom stereocenters. The molecule has 114 valence electrons. The van der Waals surface area contributed by atoms with E-state index in [0.717, 1.165) is 25.7 Å². The van der Waals surface area contributed by atoms with E-state index in [0.29, 0.717) is 11.6 Å². The van der Waals surface area contributed by atoms with Gasteiger partial charge in [0.05, 0.1) is 5.69 Å². The number of halogens is 1. The highest BCUT2D eigenvalue weighted by atomic mass is 32.2. The molecule has 0 bridgehead atoms. The van der Waals surface area contributed by atoms with E-state index in [1.165, 1.54) is 12.1 Å². The second-order valence-corrected chi connectivity index (χ2v) is 7.92. The summed E-state index contributed by atoms with van der Waals surface area (Å²) in [6.45, 7) is 2.09. The minimum absolute atomic E-state index is 0.275. The molecule has 0 unspecified atom stereocenters. The number of hydrogen-bond acceptors (Lipinski definition) is 7. The summed E-state index contributed by atoms with van der Waals surface area (Å²) in [5.74, 6) is 1.87. The Morgan fingerprint density at radius 3 is 2.59 bits per heavy atom. The van der Waals surface area contributed by atoms with Crippen LogP contribution in [0, 0.1) is 5.82 Å². The molecule has 2 aromatic heterocycles. The fourth-order valence-electron chi connectivity index (χ4n) is 1.67. The van der Waals surface area contributed by atoms with Gasteiger partial charge >= 0.3 is 0 Å². The molecule has 0 spiro atoms. The van der Waals surface area contributed by atoms with Crippen molar-refractivity contribution in [3.05, 3.63) is 42.0 Å². The Balaban J connectivity index is 1.62. The number of benzene rings is 1. The third kappa shape index (κ3) is 3.88. The van der Waals surface area contributed by atoms with Crippen LogP contribution in [0.25, 0.3) is 11.5 Å². The van der Waals surface area contributed by atoms with Crippen molar-refractivity contribution in [3.8, 4) is 11.5 Å². The maximum atomic E-state index is 12.9. The number of nitrogens with zero attached hydrogens (tertiary/aromatic N) is 3. The summed E-state index contributed by atoms with van der Waals surface area (Å²) in [7, 11) is 0. The minimum Gasteiger partial charge on any atom is -0.444 e. The van der Waals surface area contributed by atoms with Crippen molar-refractivity contribution >= 4 is 34.9 Å². The topological polar surface area (TPSA) is 51.8 Å². The minimum atomic E-state index is -0.275. The highest BCUT2D eigenvalue weighted by Crippen LogP contribution is 2.31. The molecule has 0 radical (unpaired) electrons. The van der Waals surface area contributed by atoms with Gasteiger partial charge in [-0.1, -0.05) is 41.8 Å². The third-order valence-electron chi connectivity index (χ3n) is 2.64. The lowest BCUT2D eigenvalue weighted by molar-refractivity contribution is 0.573. The molecule has 0 aliphatic heterocycles. The van der Waals surface area contributed by atoms with Crippen molar-refractivity contribution in [1.29, 1.82) is 0 Å². The van der Waals surface area contributed by atoms with Crippen molar-refractivity contribution in [3.63, 3.8) is 0 Å². The number of aromatic nitrogens is 3. The van der Waals surface area contributed by atoms with Gasteiger partial charge in [-0.3, -0.25) is 0 Å². The summed E-state index contributed by atoms with van der Waals surface area (Å²) in [5.41, 5.74) is 1.58. The van der Waals surface area contributed by atoms with Crippen LogP contribution < -0.4 is 0 Å². The quantitative estimate of drug-likeness (QED) is 0.597. The summed E-state index contributed by atoms with van der Waals surface area (Å²) < 4.78 is 20.2. The van der Waals surface area contributed by atoms with Crippen LogP contribution in [0.2, 0.25) is 0 Å². The van der Waals surface area contributed by atoms with Gasteiger partial charge in [0.25, 0.3) is 0 Å². The van der Waals surface area contributed by atoms with Crippen LogP contribution in [0.3, 0.4) is 0 Å². The Bertz CT molecular complexity index is 742. The molecule has 0 saturated heterocycles. The summed E-state index contributed by atoms with van der Waals surface area (Å²) in [4.78, 5) is 4.41. The largest absolute Gasteiger partial charge is 0.444 e. The Hall–Kier alpha value is -1.38. The zero-order valence-corrected chi connectivity index (χ0v) is 14.1.